The molecule has 0 atom stereocenters. The van der Waals surface area contributed by atoms with Crippen molar-refractivity contribution in [3.05, 3.63) is 5.21 Å². The minimum Gasteiger partial charge on any atom is -0.652 e. The lowest BCUT2D eigenvalue weighted by molar-refractivity contribution is -0.787. The van der Waals surface area contributed by atoms with Crippen molar-refractivity contribution in [2.45, 2.75) is 38.9 Å². The van der Waals surface area contributed by atoms with Crippen LogP contribution in [0.15, 0.2) is 0 Å². The molecule has 0 amide bonds. The zero-order valence-corrected chi connectivity index (χ0v) is 8.89. The van der Waals surface area contributed by atoms with E-state index in [4.69, 9.17) is 0 Å². The molecule has 0 radical (unpaired) electrons. The molecule has 0 N–H and O–H groups in total. The van der Waals surface area contributed by atoms with E-state index in [9.17, 15) is 5.21 Å². The maximum Gasteiger partial charge on any atom is 0.276 e. The molecular weight excluding hydrogens is 154 g/mol. The Hall–Kier alpha value is 0.137. The van der Waals surface area contributed by atoms with E-state index in [1.54, 1.807) is 0 Å². The maximum absolute atomic E-state index is 12.1. The minimum absolute atomic E-state index is 0.160. The Bertz CT molecular complexity index is 136. The summed E-state index contributed by atoms with van der Waals surface area (Å²) in [6.45, 7) is 8.33. The minimum atomic E-state index is -1.50. The van der Waals surface area contributed by atoms with Crippen LogP contribution in [0.25, 0.3) is 0 Å². The van der Waals surface area contributed by atoms with Gasteiger partial charge in [-0.2, -0.15) is 0 Å². The van der Waals surface area contributed by atoms with Gasteiger partial charge < -0.3 is 9.52 Å². The Morgan fingerprint density at radius 1 is 1.00 bits per heavy atom. The van der Waals surface area contributed by atoms with Crippen molar-refractivity contribution >= 4 is 8.24 Å². The summed E-state index contributed by atoms with van der Waals surface area (Å²) >= 11 is 0. The first kappa shape index (κ1) is 9.23. The first-order valence-corrected chi connectivity index (χ1v) is 7.99. The fourth-order valence-corrected chi connectivity index (χ4v) is 3.35. The predicted octanol–water partition coefficient (Wildman–Crippen LogP) is 2.32. The van der Waals surface area contributed by atoms with Crippen molar-refractivity contribution in [2.24, 2.45) is 0 Å². The molecule has 1 aliphatic heterocycles. The van der Waals surface area contributed by atoms with Crippen molar-refractivity contribution in [1.29, 1.82) is 0 Å². The van der Waals surface area contributed by atoms with Crippen molar-refractivity contribution < 1.29 is 4.31 Å². The Morgan fingerprint density at radius 2 is 1.45 bits per heavy atom. The van der Waals surface area contributed by atoms with Gasteiger partial charge in [-0.25, -0.2) is 0 Å². The van der Waals surface area contributed by atoms with Crippen LogP contribution in [0.5, 0.6) is 0 Å². The van der Waals surface area contributed by atoms with Gasteiger partial charge in [-0.1, -0.05) is 0 Å². The standard InChI is InChI=1S/C8H19NOSi/c1-11(2,3)9(10)7-5-4-6-8-9/h4-8H2,1-3H3. The lowest BCUT2D eigenvalue weighted by atomic mass is 10.2. The second kappa shape index (κ2) is 2.88. The summed E-state index contributed by atoms with van der Waals surface area (Å²) in [6.07, 6.45) is 3.56. The van der Waals surface area contributed by atoms with Crippen molar-refractivity contribution in [3.8, 4) is 0 Å². The topological polar surface area (TPSA) is 23.1 Å². The molecule has 2 nitrogen and oxygen atoms in total. The quantitative estimate of drug-likeness (QED) is 0.441. The molecule has 0 saturated carbocycles. The van der Waals surface area contributed by atoms with Crippen molar-refractivity contribution in [3.63, 3.8) is 0 Å². The van der Waals surface area contributed by atoms with Gasteiger partial charge in [0.05, 0.1) is 13.1 Å². The van der Waals surface area contributed by atoms with Gasteiger partial charge in [-0.15, -0.1) is 0 Å². The summed E-state index contributed by atoms with van der Waals surface area (Å²) in [4.78, 5) is 0. The van der Waals surface area contributed by atoms with Crippen molar-refractivity contribution in [2.75, 3.05) is 13.1 Å². The van der Waals surface area contributed by atoms with E-state index in [2.05, 4.69) is 19.6 Å². The third-order valence-electron chi connectivity index (χ3n) is 2.76. The van der Waals surface area contributed by atoms with E-state index in [0.717, 1.165) is 25.9 Å². The highest BCUT2D eigenvalue weighted by molar-refractivity contribution is 6.69. The highest BCUT2D eigenvalue weighted by Gasteiger charge is 2.36. The Morgan fingerprint density at radius 3 is 1.73 bits per heavy atom. The van der Waals surface area contributed by atoms with Crippen LogP contribution in [-0.4, -0.2) is 25.6 Å². The lowest BCUT2D eigenvalue weighted by Crippen LogP contribution is -2.61. The first-order valence-electron chi connectivity index (χ1n) is 4.54. The van der Waals surface area contributed by atoms with Crippen molar-refractivity contribution in [1.82, 2.24) is 0 Å². The van der Waals surface area contributed by atoms with Crippen LogP contribution < -0.4 is 0 Å². The summed E-state index contributed by atoms with van der Waals surface area (Å²) in [5.74, 6) is 0. The molecule has 1 saturated heterocycles. The summed E-state index contributed by atoms with van der Waals surface area (Å²) in [5.41, 5.74) is 0. The van der Waals surface area contributed by atoms with Crippen LogP contribution in [0.2, 0.25) is 19.6 Å². The number of hydrogen-bond acceptors (Lipinski definition) is 1. The molecule has 0 spiro atoms. The van der Waals surface area contributed by atoms with E-state index >= 15 is 0 Å². The highest BCUT2D eigenvalue weighted by atomic mass is 28.3. The van der Waals surface area contributed by atoms with Gasteiger partial charge in [0.1, 0.15) is 0 Å². The van der Waals surface area contributed by atoms with E-state index < -0.39 is 8.24 Å². The smallest absolute Gasteiger partial charge is 0.276 e. The molecular formula is C8H19NOSi. The van der Waals surface area contributed by atoms with Crippen LogP contribution in [0, 0.1) is 5.21 Å². The molecule has 0 unspecified atom stereocenters. The Kier molecular flexibility index (Phi) is 2.42. The van der Waals surface area contributed by atoms with E-state index in [0.29, 0.717) is 0 Å². The lowest BCUT2D eigenvalue weighted by Gasteiger charge is -2.54. The number of nitrogens with zero attached hydrogens (tertiary/aromatic N) is 1. The molecule has 1 fully saturated rings. The molecule has 66 valence electrons. The SMILES string of the molecule is C[Si](C)(C)[N+]1([O-])CCCCC1. The van der Waals surface area contributed by atoms with Gasteiger partial charge in [-0.05, 0) is 38.9 Å². The number of hydroxylamine groups is 2. The van der Waals surface area contributed by atoms with Crippen LogP contribution >= 0.6 is 0 Å². The second-order valence-electron chi connectivity index (χ2n) is 4.57. The van der Waals surface area contributed by atoms with E-state index in [-0.39, 0.29) is 4.31 Å². The molecule has 0 bridgehead atoms. The molecule has 11 heavy (non-hydrogen) atoms. The molecule has 3 heteroatoms. The predicted molar refractivity (Wildman–Crippen MR) is 50.6 cm³/mol. The van der Waals surface area contributed by atoms with Gasteiger partial charge >= 0.3 is 0 Å². The Labute approximate surface area is 70.5 Å². The number of hydrogen-bond donors (Lipinski definition) is 0. The molecule has 1 rings (SSSR count). The average molecular weight is 173 g/mol. The fraction of sp³-hybridized carbons (Fsp3) is 1.00. The van der Waals surface area contributed by atoms with Gasteiger partial charge in [0.25, 0.3) is 8.24 Å². The van der Waals surface area contributed by atoms with Crippen LogP contribution in [0.1, 0.15) is 19.3 Å². The molecule has 0 aromatic heterocycles. The monoisotopic (exact) mass is 173 g/mol. The summed E-state index contributed by atoms with van der Waals surface area (Å²) < 4.78 is 0.160. The molecule has 1 heterocycles. The van der Waals surface area contributed by atoms with Crippen LogP contribution in [0.4, 0.5) is 0 Å². The molecule has 0 aromatic carbocycles. The van der Waals surface area contributed by atoms with Crippen LogP contribution in [0.3, 0.4) is 0 Å². The number of quaternary nitrogens is 1. The van der Waals surface area contributed by atoms with Gasteiger partial charge in [0, 0.05) is 0 Å². The van der Waals surface area contributed by atoms with Gasteiger partial charge in [-0.3, -0.25) is 0 Å². The number of piperidine rings is 1. The third kappa shape index (κ3) is 1.83. The Balaban J connectivity index is 2.64. The highest BCUT2D eigenvalue weighted by Crippen LogP contribution is 2.25. The largest absolute Gasteiger partial charge is 0.652 e. The zero-order valence-electron chi connectivity index (χ0n) is 7.89. The summed E-state index contributed by atoms with van der Waals surface area (Å²) in [7, 11) is -1.50. The maximum atomic E-state index is 12.1. The normalized spacial score (nSPS) is 25.1. The summed E-state index contributed by atoms with van der Waals surface area (Å²) in [6, 6.07) is 0. The molecule has 0 aromatic rings. The van der Waals surface area contributed by atoms with Gasteiger partial charge in [0.15, 0.2) is 0 Å². The summed E-state index contributed by atoms with van der Waals surface area (Å²) in [5, 5.41) is 12.1. The van der Waals surface area contributed by atoms with Gasteiger partial charge in [0.2, 0.25) is 0 Å². The zero-order chi connectivity index (χ0) is 8.54. The molecule has 0 aliphatic carbocycles. The first-order chi connectivity index (χ1) is 4.96. The average Bonchev–Trinajstić information content (AvgIpc) is 1.87. The number of rotatable bonds is 1. The van der Waals surface area contributed by atoms with Crippen LogP contribution in [-0.2, 0) is 0 Å². The van der Waals surface area contributed by atoms with E-state index in [1.165, 1.54) is 6.42 Å². The molecule has 1 aliphatic rings. The second-order valence-corrected chi connectivity index (χ2v) is 9.72. The van der Waals surface area contributed by atoms with E-state index in [1.807, 2.05) is 0 Å². The fourth-order valence-electron chi connectivity index (χ4n) is 1.69. The third-order valence-corrected chi connectivity index (χ3v) is 5.65.